The molecule has 0 atom stereocenters. The standard InChI is InChI=1S/C7H7N3O/c1-3-6-9-4-5(11-2)7(8)10-6/h1,4H,2H3,(H2,8,9,10). The number of aromatic nitrogens is 2. The third kappa shape index (κ3) is 1.38. The summed E-state index contributed by atoms with van der Waals surface area (Å²) in [5, 5.41) is 0. The van der Waals surface area contributed by atoms with Gasteiger partial charge in [0.2, 0.25) is 5.82 Å². The first-order valence-electron chi connectivity index (χ1n) is 2.91. The SMILES string of the molecule is C#Cc1ncc(OC)c(N)n1. The van der Waals surface area contributed by atoms with E-state index in [1.54, 1.807) is 0 Å². The fourth-order valence-corrected chi connectivity index (χ4v) is 0.611. The molecule has 56 valence electrons. The van der Waals surface area contributed by atoms with Crippen molar-refractivity contribution in [3.8, 4) is 18.1 Å². The maximum atomic E-state index is 5.44. The molecule has 0 bridgehead atoms. The van der Waals surface area contributed by atoms with Crippen LogP contribution in [0.15, 0.2) is 6.20 Å². The predicted molar refractivity (Wildman–Crippen MR) is 40.9 cm³/mol. The molecule has 0 aliphatic carbocycles. The number of nitrogens with zero attached hydrogens (tertiary/aromatic N) is 2. The van der Waals surface area contributed by atoms with Crippen LogP contribution in [0.1, 0.15) is 5.82 Å². The van der Waals surface area contributed by atoms with Gasteiger partial charge < -0.3 is 10.5 Å². The Kier molecular flexibility index (Phi) is 1.93. The van der Waals surface area contributed by atoms with Gasteiger partial charge in [-0.25, -0.2) is 4.98 Å². The number of ether oxygens (including phenoxy) is 1. The summed E-state index contributed by atoms with van der Waals surface area (Å²) in [4.78, 5) is 7.54. The van der Waals surface area contributed by atoms with Gasteiger partial charge in [-0.05, 0) is 5.92 Å². The first-order chi connectivity index (χ1) is 5.27. The Morgan fingerprint density at radius 2 is 2.45 bits per heavy atom. The molecule has 0 aliphatic heterocycles. The molecule has 0 aromatic carbocycles. The molecule has 4 heteroatoms. The minimum absolute atomic E-state index is 0.260. The molecule has 1 heterocycles. The van der Waals surface area contributed by atoms with E-state index < -0.39 is 0 Å². The van der Waals surface area contributed by atoms with E-state index in [0.29, 0.717) is 5.75 Å². The topological polar surface area (TPSA) is 61.0 Å². The van der Waals surface area contributed by atoms with Gasteiger partial charge in [-0.3, -0.25) is 0 Å². The van der Waals surface area contributed by atoms with Crippen LogP contribution in [0.2, 0.25) is 0 Å². The minimum atomic E-state index is 0.260. The first-order valence-corrected chi connectivity index (χ1v) is 2.91. The molecule has 2 N–H and O–H groups in total. The molecule has 0 aliphatic rings. The number of hydrogen-bond acceptors (Lipinski definition) is 4. The molecule has 0 fully saturated rings. The number of nitrogen functional groups attached to an aromatic ring is 1. The fraction of sp³-hybridized carbons (Fsp3) is 0.143. The maximum absolute atomic E-state index is 5.44. The molecular formula is C7H7N3O. The summed E-state index contributed by atoms with van der Waals surface area (Å²) in [5.41, 5.74) is 5.44. The highest BCUT2D eigenvalue weighted by Gasteiger charge is 2.00. The lowest BCUT2D eigenvalue weighted by Crippen LogP contribution is -1.99. The van der Waals surface area contributed by atoms with E-state index in [1.165, 1.54) is 13.3 Å². The van der Waals surface area contributed by atoms with Crippen molar-refractivity contribution in [1.82, 2.24) is 9.97 Å². The second-order valence-corrected chi connectivity index (χ2v) is 1.79. The Labute approximate surface area is 64.4 Å². The minimum Gasteiger partial charge on any atom is -0.491 e. The molecule has 1 aromatic rings. The third-order valence-electron chi connectivity index (χ3n) is 1.13. The van der Waals surface area contributed by atoms with Crippen LogP contribution < -0.4 is 10.5 Å². The Hall–Kier alpha value is -1.76. The van der Waals surface area contributed by atoms with Gasteiger partial charge >= 0.3 is 0 Å². The van der Waals surface area contributed by atoms with Crippen LogP contribution >= 0.6 is 0 Å². The first kappa shape index (κ1) is 7.35. The van der Waals surface area contributed by atoms with Crippen LogP contribution in [0.4, 0.5) is 5.82 Å². The number of nitrogens with two attached hydrogens (primary N) is 1. The second kappa shape index (κ2) is 2.88. The van der Waals surface area contributed by atoms with Crippen molar-refractivity contribution in [2.45, 2.75) is 0 Å². The van der Waals surface area contributed by atoms with Crippen molar-refractivity contribution in [2.75, 3.05) is 12.8 Å². The highest BCUT2D eigenvalue weighted by Crippen LogP contribution is 2.15. The van der Waals surface area contributed by atoms with Crippen LogP contribution in [-0.4, -0.2) is 17.1 Å². The molecule has 0 radical (unpaired) electrons. The second-order valence-electron chi connectivity index (χ2n) is 1.79. The van der Waals surface area contributed by atoms with Gasteiger partial charge in [-0.2, -0.15) is 4.98 Å². The molecule has 0 saturated heterocycles. The number of hydrogen-bond donors (Lipinski definition) is 1. The fourth-order valence-electron chi connectivity index (χ4n) is 0.611. The van der Waals surface area contributed by atoms with Crippen molar-refractivity contribution in [1.29, 1.82) is 0 Å². The van der Waals surface area contributed by atoms with Crippen molar-refractivity contribution >= 4 is 5.82 Å². The highest BCUT2D eigenvalue weighted by molar-refractivity contribution is 5.45. The van der Waals surface area contributed by atoms with Crippen molar-refractivity contribution < 1.29 is 4.74 Å². The van der Waals surface area contributed by atoms with Crippen molar-refractivity contribution in [3.63, 3.8) is 0 Å². The Morgan fingerprint density at radius 1 is 1.73 bits per heavy atom. The normalized spacial score (nSPS) is 8.73. The average Bonchev–Trinajstić information content (AvgIpc) is 2.04. The number of anilines is 1. The summed E-state index contributed by atoms with van der Waals surface area (Å²) >= 11 is 0. The van der Waals surface area contributed by atoms with E-state index in [0.717, 1.165) is 0 Å². The zero-order valence-electron chi connectivity index (χ0n) is 6.03. The summed E-state index contributed by atoms with van der Waals surface area (Å²) in [6.07, 6.45) is 6.48. The third-order valence-corrected chi connectivity index (χ3v) is 1.13. The zero-order valence-corrected chi connectivity index (χ0v) is 6.03. The van der Waals surface area contributed by atoms with Crippen LogP contribution in [0.3, 0.4) is 0 Å². The van der Waals surface area contributed by atoms with E-state index in [-0.39, 0.29) is 11.6 Å². The summed E-state index contributed by atoms with van der Waals surface area (Å²) in [6, 6.07) is 0. The molecule has 0 amide bonds. The van der Waals surface area contributed by atoms with Gasteiger partial charge in [0.15, 0.2) is 11.6 Å². The molecule has 4 nitrogen and oxygen atoms in total. The van der Waals surface area contributed by atoms with Gasteiger partial charge in [0.25, 0.3) is 0 Å². The van der Waals surface area contributed by atoms with Crippen molar-refractivity contribution in [3.05, 3.63) is 12.0 Å². The van der Waals surface area contributed by atoms with Gasteiger partial charge in [-0.1, -0.05) is 0 Å². The Balaban J connectivity index is 3.12. The highest BCUT2D eigenvalue weighted by atomic mass is 16.5. The summed E-state index contributed by atoms with van der Waals surface area (Å²) in [7, 11) is 1.49. The van der Waals surface area contributed by atoms with Crippen LogP contribution in [-0.2, 0) is 0 Å². The van der Waals surface area contributed by atoms with E-state index in [1.807, 2.05) is 0 Å². The van der Waals surface area contributed by atoms with Crippen LogP contribution in [0, 0.1) is 12.3 Å². The quantitative estimate of drug-likeness (QED) is 0.573. The molecule has 0 saturated carbocycles. The maximum Gasteiger partial charge on any atom is 0.206 e. The lowest BCUT2D eigenvalue weighted by Gasteiger charge is -2.00. The Bertz CT molecular complexity index is 303. The number of terminal acetylenes is 1. The van der Waals surface area contributed by atoms with E-state index in [2.05, 4.69) is 15.9 Å². The van der Waals surface area contributed by atoms with Crippen LogP contribution in [0.5, 0.6) is 5.75 Å². The van der Waals surface area contributed by atoms with E-state index >= 15 is 0 Å². The lowest BCUT2D eigenvalue weighted by molar-refractivity contribution is 0.413. The average molecular weight is 149 g/mol. The number of rotatable bonds is 1. The monoisotopic (exact) mass is 149 g/mol. The molecule has 0 spiro atoms. The smallest absolute Gasteiger partial charge is 0.206 e. The predicted octanol–water partition coefficient (Wildman–Crippen LogP) is 0.0487. The van der Waals surface area contributed by atoms with Gasteiger partial charge in [0, 0.05) is 0 Å². The molecule has 1 aromatic heterocycles. The molecule has 0 unspecified atom stereocenters. The summed E-state index contributed by atoms with van der Waals surface area (Å²) < 4.78 is 4.83. The van der Waals surface area contributed by atoms with E-state index in [9.17, 15) is 0 Å². The zero-order chi connectivity index (χ0) is 8.27. The summed E-state index contributed by atoms with van der Waals surface area (Å²) in [6.45, 7) is 0. The van der Waals surface area contributed by atoms with Gasteiger partial charge in [0.1, 0.15) is 0 Å². The molecule has 11 heavy (non-hydrogen) atoms. The van der Waals surface area contributed by atoms with E-state index in [4.69, 9.17) is 16.9 Å². The molecule has 1 rings (SSSR count). The lowest BCUT2D eigenvalue weighted by atomic mass is 10.5. The Morgan fingerprint density at radius 3 is 2.91 bits per heavy atom. The largest absolute Gasteiger partial charge is 0.491 e. The molecular weight excluding hydrogens is 142 g/mol. The summed E-state index contributed by atoms with van der Waals surface area (Å²) in [5.74, 6) is 3.22. The van der Waals surface area contributed by atoms with Crippen LogP contribution in [0.25, 0.3) is 0 Å². The van der Waals surface area contributed by atoms with Gasteiger partial charge in [-0.15, -0.1) is 6.42 Å². The van der Waals surface area contributed by atoms with Gasteiger partial charge in [0.05, 0.1) is 13.3 Å². The van der Waals surface area contributed by atoms with Crippen molar-refractivity contribution in [2.24, 2.45) is 0 Å². The number of methoxy groups -OCH3 is 1.